The topological polar surface area (TPSA) is 41.3 Å². The van der Waals surface area contributed by atoms with Crippen LogP contribution in [0.5, 0.6) is 0 Å². The Kier molecular flexibility index (Phi) is 4.78. The van der Waals surface area contributed by atoms with Crippen molar-refractivity contribution >= 4 is 0 Å². The molecule has 0 aromatic carbocycles. The molecule has 4 nitrogen and oxygen atoms in total. The lowest BCUT2D eigenvalue weighted by atomic mass is 9.97. The first-order chi connectivity index (χ1) is 8.72. The third-order valence-corrected chi connectivity index (χ3v) is 3.93. The van der Waals surface area contributed by atoms with E-state index in [4.69, 9.17) is 4.42 Å². The van der Waals surface area contributed by atoms with Crippen LogP contribution in [0, 0.1) is 5.92 Å². The number of hydrogen-bond acceptors (Lipinski definition) is 4. The van der Waals surface area contributed by atoms with Crippen LogP contribution in [-0.2, 0) is 13.0 Å². The number of nitrogens with one attached hydrogen (secondary N) is 1. The van der Waals surface area contributed by atoms with Crippen LogP contribution in [0.15, 0.2) is 10.6 Å². The van der Waals surface area contributed by atoms with E-state index in [0.29, 0.717) is 6.04 Å². The van der Waals surface area contributed by atoms with Gasteiger partial charge in [0.1, 0.15) is 5.76 Å². The summed E-state index contributed by atoms with van der Waals surface area (Å²) in [7, 11) is 0. The fourth-order valence-corrected chi connectivity index (χ4v) is 2.43. The second-order valence-electron chi connectivity index (χ2n) is 5.26. The van der Waals surface area contributed by atoms with E-state index in [1.165, 1.54) is 6.42 Å². The van der Waals surface area contributed by atoms with Crippen LogP contribution in [0.25, 0.3) is 0 Å². The van der Waals surface area contributed by atoms with Crippen molar-refractivity contribution in [1.29, 1.82) is 0 Å². The molecule has 2 heterocycles. The van der Waals surface area contributed by atoms with Gasteiger partial charge in [-0.15, -0.1) is 0 Å². The van der Waals surface area contributed by atoms with E-state index < -0.39 is 0 Å². The lowest BCUT2D eigenvalue weighted by Crippen LogP contribution is -2.52. The van der Waals surface area contributed by atoms with E-state index >= 15 is 0 Å². The number of aryl methyl sites for hydroxylation is 1. The Balaban J connectivity index is 1.89. The lowest BCUT2D eigenvalue weighted by Gasteiger charge is -2.35. The van der Waals surface area contributed by atoms with Crippen molar-refractivity contribution in [3.8, 4) is 0 Å². The van der Waals surface area contributed by atoms with Gasteiger partial charge in [0.05, 0.1) is 12.7 Å². The molecule has 1 N–H and O–H groups in total. The summed E-state index contributed by atoms with van der Waals surface area (Å²) in [6, 6.07) is 0.601. The van der Waals surface area contributed by atoms with Gasteiger partial charge < -0.3 is 9.73 Å². The number of aromatic nitrogens is 1. The van der Waals surface area contributed by atoms with Gasteiger partial charge in [0.2, 0.25) is 5.89 Å². The molecule has 102 valence electrons. The maximum atomic E-state index is 5.68. The minimum absolute atomic E-state index is 0.601. The van der Waals surface area contributed by atoms with E-state index in [2.05, 4.69) is 36.0 Å². The van der Waals surface area contributed by atoms with Crippen molar-refractivity contribution in [2.75, 3.05) is 19.6 Å². The van der Waals surface area contributed by atoms with Gasteiger partial charge in [-0.1, -0.05) is 27.2 Å². The summed E-state index contributed by atoms with van der Waals surface area (Å²) in [6.45, 7) is 10.8. The standard InChI is InChI=1S/C14H25N3O/c1-4-11(3)13-9-17(7-6-15-13)10-14-16-8-12(5-2)18-14/h8,11,13,15H,4-7,9-10H2,1-3H3. The van der Waals surface area contributed by atoms with E-state index in [-0.39, 0.29) is 0 Å². The summed E-state index contributed by atoms with van der Waals surface area (Å²) in [5.74, 6) is 2.57. The SMILES string of the molecule is CCc1cnc(CN2CCNC(C(C)CC)C2)o1. The Morgan fingerprint density at radius 3 is 3.06 bits per heavy atom. The second kappa shape index (κ2) is 6.34. The molecule has 1 aromatic heterocycles. The molecule has 0 amide bonds. The molecular weight excluding hydrogens is 226 g/mol. The maximum absolute atomic E-state index is 5.68. The van der Waals surface area contributed by atoms with E-state index in [1.54, 1.807) is 0 Å². The number of nitrogens with zero attached hydrogens (tertiary/aromatic N) is 2. The highest BCUT2D eigenvalue weighted by Crippen LogP contribution is 2.14. The van der Waals surface area contributed by atoms with Crippen LogP contribution in [0.4, 0.5) is 0 Å². The minimum Gasteiger partial charge on any atom is -0.444 e. The third kappa shape index (κ3) is 3.33. The number of hydrogen-bond donors (Lipinski definition) is 1. The van der Waals surface area contributed by atoms with Crippen LogP contribution < -0.4 is 5.32 Å². The van der Waals surface area contributed by atoms with Crippen molar-refractivity contribution in [2.24, 2.45) is 5.92 Å². The number of rotatable bonds is 5. The summed E-state index contributed by atoms with van der Waals surface area (Å²) in [4.78, 5) is 6.79. The zero-order valence-corrected chi connectivity index (χ0v) is 11.8. The summed E-state index contributed by atoms with van der Waals surface area (Å²) < 4.78 is 5.68. The van der Waals surface area contributed by atoms with E-state index in [1.807, 2.05) is 6.20 Å². The van der Waals surface area contributed by atoms with Crippen LogP contribution in [0.2, 0.25) is 0 Å². The largest absolute Gasteiger partial charge is 0.444 e. The zero-order valence-electron chi connectivity index (χ0n) is 11.8. The third-order valence-electron chi connectivity index (χ3n) is 3.93. The Morgan fingerprint density at radius 1 is 1.56 bits per heavy atom. The molecule has 0 saturated carbocycles. The number of piperazine rings is 1. The lowest BCUT2D eigenvalue weighted by molar-refractivity contribution is 0.150. The fraction of sp³-hybridized carbons (Fsp3) is 0.786. The minimum atomic E-state index is 0.601. The Labute approximate surface area is 110 Å². The van der Waals surface area contributed by atoms with Gasteiger partial charge in [0.25, 0.3) is 0 Å². The molecule has 0 spiro atoms. The predicted octanol–water partition coefficient (Wildman–Crippen LogP) is 2.06. The first-order valence-corrected chi connectivity index (χ1v) is 7.12. The molecular formula is C14H25N3O. The highest BCUT2D eigenvalue weighted by molar-refractivity contribution is 4.94. The van der Waals surface area contributed by atoms with Gasteiger partial charge in [-0.05, 0) is 5.92 Å². The van der Waals surface area contributed by atoms with Gasteiger partial charge in [-0.2, -0.15) is 0 Å². The normalized spacial score (nSPS) is 23.2. The van der Waals surface area contributed by atoms with Crippen LogP contribution in [0.3, 0.4) is 0 Å². The molecule has 2 unspecified atom stereocenters. The van der Waals surface area contributed by atoms with Crippen LogP contribution in [0.1, 0.15) is 38.8 Å². The van der Waals surface area contributed by atoms with Crippen LogP contribution >= 0.6 is 0 Å². The highest BCUT2D eigenvalue weighted by Gasteiger charge is 2.23. The smallest absolute Gasteiger partial charge is 0.208 e. The molecule has 1 fully saturated rings. The van der Waals surface area contributed by atoms with Crippen LogP contribution in [-0.4, -0.2) is 35.6 Å². The summed E-state index contributed by atoms with van der Waals surface area (Å²) in [5, 5.41) is 3.61. The monoisotopic (exact) mass is 251 g/mol. The quantitative estimate of drug-likeness (QED) is 0.869. The van der Waals surface area contributed by atoms with Gasteiger partial charge in [0, 0.05) is 32.1 Å². The van der Waals surface area contributed by atoms with Crippen molar-refractivity contribution in [1.82, 2.24) is 15.2 Å². The van der Waals surface area contributed by atoms with E-state index in [0.717, 1.165) is 50.2 Å². The van der Waals surface area contributed by atoms with Crippen molar-refractivity contribution < 1.29 is 4.42 Å². The van der Waals surface area contributed by atoms with Gasteiger partial charge >= 0.3 is 0 Å². The molecule has 2 rings (SSSR count). The summed E-state index contributed by atoms with van der Waals surface area (Å²) >= 11 is 0. The molecule has 0 radical (unpaired) electrons. The molecule has 0 aliphatic carbocycles. The molecule has 0 bridgehead atoms. The summed E-state index contributed by atoms with van der Waals surface area (Å²) in [5.41, 5.74) is 0. The molecule has 4 heteroatoms. The van der Waals surface area contributed by atoms with Gasteiger partial charge in [-0.25, -0.2) is 4.98 Å². The first kappa shape index (κ1) is 13.6. The average Bonchev–Trinajstić information content (AvgIpc) is 2.86. The summed E-state index contributed by atoms with van der Waals surface area (Å²) in [6.07, 6.45) is 4.00. The predicted molar refractivity (Wildman–Crippen MR) is 72.4 cm³/mol. The molecule has 2 atom stereocenters. The van der Waals surface area contributed by atoms with Gasteiger partial charge in [-0.3, -0.25) is 4.90 Å². The van der Waals surface area contributed by atoms with Crippen molar-refractivity contribution in [3.05, 3.63) is 17.8 Å². The van der Waals surface area contributed by atoms with E-state index in [9.17, 15) is 0 Å². The molecule has 1 aromatic rings. The molecule has 1 aliphatic heterocycles. The fourth-order valence-electron chi connectivity index (χ4n) is 2.43. The average molecular weight is 251 g/mol. The highest BCUT2D eigenvalue weighted by atomic mass is 16.4. The second-order valence-corrected chi connectivity index (χ2v) is 5.26. The Hall–Kier alpha value is -0.870. The van der Waals surface area contributed by atoms with Crippen molar-refractivity contribution in [3.63, 3.8) is 0 Å². The first-order valence-electron chi connectivity index (χ1n) is 7.12. The number of oxazole rings is 1. The Bertz CT molecular complexity index is 364. The molecule has 1 aliphatic rings. The Morgan fingerprint density at radius 2 is 2.39 bits per heavy atom. The van der Waals surface area contributed by atoms with Crippen molar-refractivity contribution in [2.45, 2.75) is 46.2 Å². The molecule has 18 heavy (non-hydrogen) atoms. The zero-order chi connectivity index (χ0) is 13.0. The molecule has 1 saturated heterocycles. The van der Waals surface area contributed by atoms with Gasteiger partial charge in [0.15, 0.2) is 0 Å². The maximum Gasteiger partial charge on any atom is 0.208 e.